The van der Waals surface area contributed by atoms with E-state index in [-0.39, 0.29) is 17.2 Å². The van der Waals surface area contributed by atoms with Gasteiger partial charge in [-0.2, -0.15) is 10.5 Å². The molecule has 0 unspecified atom stereocenters. The molecular formula is C12H6F4N6. The minimum absolute atomic E-state index is 0.102. The highest BCUT2D eigenvalue weighted by atomic mass is 19.3. The van der Waals surface area contributed by atoms with Crippen molar-refractivity contribution in [1.29, 1.82) is 10.5 Å². The van der Waals surface area contributed by atoms with E-state index in [0.29, 0.717) is 0 Å². The van der Waals surface area contributed by atoms with Crippen LogP contribution in [0.25, 0.3) is 0 Å². The Hall–Kier alpha value is -3.14. The first-order valence-electron chi connectivity index (χ1n) is 5.49. The summed E-state index contributed by atoms with van der Waals surface area (Å²) in [7, 11) is 0. The van der Waals surface area contributed by atoms with Crippen LogP contribution in [0.1, 0.15) is 35.8 Å². The Balaban J connectivity index is 0.000000220. The van der Waals surface area contributed by atoms with Gasteiger partial charge in [0.05, 0.1) is 5.56 Å². The van der Waals surface area contributed by atoms with Crippen LogP contribution in [-0.4, -0.2) is 19.9 Å². The molecule has 0 saturated carbocycles. The normalized spacial score (nSPS) is 9.64. The zero-order chi connectivity index (χ0) is 16.5. The maximum absolute atomic E-state index is 11.9. The third-order valence-electron chi connectivity index (χ3n) is 2.02. The monoisotopic (exact) mass is 310 g/mol. The van der Waals surface area contributed by atoms with Crippen LogP contribution in [-0.2, 0) is 0 Å². The molecule has 0 aliphatic heterocycles. The predicted molar refractivity (Wildman–Crippen MR) is 63.4 cm³/mol. The molecule has 112 valence electrons. The first kappa shape index (κ1) is 16.9. The molecule has 0 aromatic carbocycles. The summed E-state index contributed by atoms with van der Waals surface area (Å²) in [4.78, 5) is 13.4. The van der Waals surface area contributed by atoms with E-state index in [1.807, 2.05) is 0 Å². The van der Waals surface area contributed by atoms with Crippen molar-refractivity contribution in [3.8, 4) is 12.1 Å². The summed E-state index contributed by atoms with van der Waals surface area (Å²) >= 11 is 0. The van der Waals surface area contributed by atoms with Gasteiger partial charge in [-0.15, -0.1) is 0 Å². The Kier molecular flexibility index (Phi) is 6.32. The molecule has 0 amide bonds. The predicted octanol–water partition coefficient (Wildman–Crippen LogP) is 2.57. The van der Waals surface area contributed by atoms with Gasteiger partial charge in [-0.3, -0.25) is 0 Å². The Morgan fingerprint density at radius 2 is 1.45 bits per heavy atom. The second kappa shape index (κ2) is 8.21. The molecule has 2 rings (SSSR count). The molecule has 22 heavy (non-hydrogen) atoms. The largest absolute Gasteiger partial charge is 0.280 e. The lowest BCUT2D eigenvalue weighted by molar-refractivity contribution is 0.145. The van der Waals surface area contributed by atoms with Crippen LogP contribution in [0.15, 0.2) is 24.7 Å². The van der Waals surface area contributed by atoms with Gasteiger partial charge in [0.15, 0.2) is 0 Å². The molecule has 10 heteroatoms. The van der Waals surface area contributed by atoms with E-state index < -0.39 is 18.5 Å². The number of aromatic nitrogens is 4. The van der Waals surface area contributed by atoms with Crippen molar-refractivity contribution in [1.82, 2.24) is 19.9 Å². The van der Waals surface area contributed by atoms with Gasteiger partial charge in [-0.1, -0.05) is 0 Å². The summed E-state index contributed by atoms with van der Waals surface area (Å²) in [5, 5.41) is 16.4. The summed E-state index contributed by atoms with van der Waals surface area (Å²) in [6, 6.07) is 4.27. The van der Waals surface area contributed by atoms with Crippen molar-refractivity contribution >= 4 is 0 Å². The zero-order valence-corrected chi connectivity index (χ0v) is 10.7. The fraction of sp³-hybridized carbons (Fsp3) is 0.167. The fourth-order valence-electron chi connectivity index (χ4n) is 1.06. The molecule has 0 spiro atoms. The molecule has 0 N–H and O–H groups in total. The molecular weight excluding hydrogens is 304 g/mol. The van der Waals surface area contributed by atoms with Gasteiger partial charge in [0.1, 0.15) is 17.8 Å². The van der Waals surface area contributed by atoms with E-state index in [1.165, 1.54) is 0 Å². The Morgan fingerprint density at radius 1 is 0.864 bits per heavy atom. The van der Waals surface area contributed by atoms with Gasteiger partial charge in [0.2, 0.25) is 11.6 Å². The lowest BCUT2D eigenvalue weighted by Gasteiger charge is -1.95. The topological polar surface area (TPSA) is 99.1 Å². The third kappa shape index (κ3) is 5.09. The number of nitriles is 2. The summed E-state index contributed by atoms with van der Waals surface area (Å²) in [6.45, 7) is 0. The lowest BCUT2D eigenvalue weighted by Crippen LogP contribution is -1.94. The van der Waals surface area contributed by atoms with Gasteiger partial charge >= 0.3 is 0 Å². The van der Waals surface area contributed by atoms with E-state index in [0.717, 1.165) is 24.7 Å². The van der Waals surface area contributed by atoms with Gasteiger partial charge in [0, 0.05) is 18.6 Å². The van der Waals surface area contributed by atoms with Crippen molar-refractivity contribution in [3.05, 3.63) is 47.6 Å². The quantitative estimate of drug-likeness (QED) is 0.790. The number of halogens is 4. The third-order valence-corrected chi connectivity index (χ3v) is 2.02. The molecule has 0 aliphatic rings. The van der Waals surface area contributed by atoms with Crippen molar-refractivity contribution < 1.29 is 17.6 Å². The van der Waals surface area contributed by atoms with Gasteiger partial charge in [-0.25, -0.2) is 37.5 Å². The highest BCUT2D eigenvalue weighted by Crippen LogP contribution is 2.15. The molecule has 0 bridgehead atoms. The van der Waals surface area contributed by atoms with Crippen LogP contribution < -0.4 is 0 Å². The molecule has 2 aromatic rings. The van der Waals surface area contributed by atoms with E-state index >= 15 is 0 Å². The smallest absolute Gasteiger partial charge is 0.228 e. The van der Waals surface area contributed by atoms with Crippen LogP contribution in [0, 0.1) is 22.7 Å². The van der Waals surface area contributed by atoms with Gasteiger partial charge in [-0.05, 0) is 6.07 Å². The highest BCUT2D eigenvalue weighted by molar-refractivity contribution is 5.14. The second-order valence-electron chi connectivity index (χ2n) is 3.47. The van der Waals surface area contributed by atoms with Crippen molar-refractivity contribution in [3.63, 3.8) is 0 Å². The average molecular weight is 310 g/mol. The second-order valence-corrected chi connectivity index (χ2v) is 3.47. The van der Waals surface area contributed by atoms with Crippen LogP contribution >= 0.6 is 0 Å². The van der Waals surface area contributed by atoms with Gasteiger partial charge in [0.25, 0.3) is 12.9 Å². The first-order chi connectivity index (χ1) is 10.5. The van der Waals surface area contributed by atoms with Crippen molar-refractivity contribution in [2.24, 2.45) is 0 Å². The molecule has 2 heterocycles. The summed E-state index contributed by atoms with van der Waals surface area (Å²) in [5.41, 5.74) is -0.694. The number of alkyl halides is 4. The van der Waals surface area contributed by atoms with Crippen molar-refractivity contribution in [2.75, 3.05) is 0 Å². The molecule has 6 nitrogen and oxygen atoms in total. The number of hydrogen-bond acceptors (Lipinski definition) is 6. The molecule has 0 atom stereocenters. The Morgan fingerprint density at radius 3 is 1.91 bits per heavy atom. The van der Waals surface area contributed by atoms with Crippen molar-refractivity contribution in [2.45, 2.75) is 12.9 Å². The molecule has 0 saturated heterocycles. The number of rotatable bonds is 2. The lowest BCUT2D eigenvalue weighted by atomic mass is 10.3. The van der Waals surface area contributed by atoms with Gasteiger partial charge < -0.3 is 0 Å². The SMILES string of the molecule is N#Cc1ncc(C(F)F)cn1.N#Cc1nccc(C(F)F)n1. The van der Waals surface area contributed by atoms with E-state index in [2.05, 4.69) is 19.9 Å². The first-order valence-corrected chi connectivity index (χ1v) is 5.49. The van der Waals surface area contributed by atoms with Crippen LogP contribution in [0.4, 0.5) is 17.6 Å². The molecule has 0 fully saturated rings. The Labute approximate surface area is 121 Å². The minimum Gasteiger partial charge on any atom is -0.228 e. The average Bonchev–Trinajstić information content (AvgIpc) is 2.55. The minimum atomic E-state index is -2.65. The summed E-state index contributed by atoms with van der Waals surface area (Å²) < 4.78 is 47.4. The molecule has 0 aliphatic carbocycles. The number of hydrogen-bond donors (Lipinski definition) is 0. The summed E-state index contributed by atoms with van der Waals surface area (Å²) in [6.07, 6.45) is -2.22. The fourth-order valence-corrected chi connectivity index (χ4v) is 1.06. The van der Waals surface area contributed by atoms with Crippen LogP contribution in [0.2, 0.25) is 0 Å². The van der Waals surface area contributed by atoms with Crippen LogP contribution in [0.5, 0.6) is 0 Å². The number of nitrogens with zero attached hydrogens (tertiary/aromatic N) is 6. The van der Waals surface area contributed by atoms with E-state index in [4.69, 9.17) is 10.5 Å². The van der Waals surface area contributed by atoms with E-state index in [1.54, 1.807) is 12.1 Å². The zero-order valence-electron chi connectivity index (χ0n) is 10.7. The standard InChI is InChI=1S/2C6H3F2N3/c7-6(8)4-2-10-5(1-9)11-3-4;7-6(8)4-1-2-10-5(3-9)11-4/h2-3,6H;1-2,6H. The Bertz CT molecular complexity index is 690. The van der Waals surface area contributed by atoms with E-state index in [9.17, 15) is 17.6 Å². The highest BCUT2D eigenvalue weighted by Gasteiger charge is 2.08. The maximum atomic E-state index is 11.9. The van der Waals surface area contributed by atoms with Crippen LogP contribution in [0.3, 0.4) is 0 Å². The molecule has 0 radical (unpaired) electrons. The summed E-state index contributed by atoms with van der Waals surface area (Å²) in [5.74, 6) is -0.336. The molecule has 2 aromatic heterocycles. The maximum Gasteiger partial charge on any atom is 0.280 e.